The van der Waals surface area contributed by atoms with E-state index in [1.165, 1.54) is 12.1 Å². The van der Waals surface area contributed by atoms with Gasteiger partial charge in [-0.1, -0.05) is 51.3 Å². The molecule has 0 fully saturated rings. The molecule has 4 aromatic carbocycles. The molecule has 2 heterocycles. The Hall–Kier alpha value is -5.57. The van der Waals surface area contributed by atoms with E-state index in [2.05, 4.69) is 42.8 Å². The Morgan fingerprint density at radius 2 is 1.24 bits per heavy atom. The average Bonchev–Trinajstić information content (AvgIpc) is 3.48. The van der Waals surface area contributed by atoms with Crippen LogP contribution in [0.25, 0.3) is 56.2 Å². The molecule has 0 saturated heterocycles. The van der Waals surface area contributed by atoms with Crippen LogP contribution in [0.5, 0.6) is 28.7 Å². The van der Waals surface area contributed by atoms with Crippen molar-refractivity contribution in [3.8, 4) is 74.0 Å². The highest BCUT2D eigenvalue weighted by Crippen LogP contribution is 2.41. The zero-order valence-electron chi connectivity index (χ0n) is 28.5. The van der Waals surface area contributed by atoms with E-state index in [1.807, 2.05) is 24.3 Å². The number of phenols is 4. The average molecular weight is 659 g/mol. The highest BCUT2D eigenvalue weighted by molar-refractivity contribution is 5.97. The third-order valence-electron chi connectivity index (χ3n) is 9.47. The standard InChI is InChI=1S/C40H42N4O5/c1-6-8-9-25(7-2)21-44-22-32(31-20-27(12-17-33(31)44)26-10-13-28(49-5)14-11-26)40-42-38(29-15-18-34(45)23(3)36(29)47)41-39(43-40)30-16-19-35(46)24(4)37(30)48/h10-20,22,25,45-48H,6-9,21H2,1-5H3. The number of ether oxygens (including phenoxy) is 1. The van der Waals surface area contributed by atoms with Gasteiger partial charge in [0, 0.05) is 40.3 Å². The Morgan fingerprint density at radius 1 is 0.694 bits per heavy atom. The minimum absolute atomic E-state index is 0.0507. The van der Waals surface area contributed by atoms with Gasteiger partial charge in [-0.2, -0.15) is 0 Å². The molecule has 1 unspecified atom stereocenters. The lowest BCUT2D eigenvalue weighted by molar-refractivity contribution is 0.396. The van der Waals surface area contributed by atoms with Crippen molar-refractivity contribution in [2.24, 2.45) is 5.92 Å². The second-order valence-corrected chi connectivity index (χ2v) is 12.6. The molecule has 2 aromatic heterocycles. The maximum atomic E-state index is 11.1. The lowest BCUT2D eigenvalue weighted by atomic mass is 9.99. The fraction of sp³-hybridized carbons (Fsp3) is 0.275. The van der Waals surface area contributed by atoms with Crippen LogP contribution in [0.2, 0.25) is 0 Å². The second-order valence-electron chi connectivity index (χ2n) is 12.6. The lowest BCUT2D eigenvalue weighted by Crippen LogP contribution is -2.09. The van der Waals surface area contributed by atoms with Gasteiger partial charge in [-0.25, -0.2) is 15.0 Å². The van der Waals surface area contributed by atoms with Crippen molar-refractivity contribution in [1.29, 1.82) is 0 Å². The zero-order valence-corrected chi connectivity index (χ0v) is 28.5. The van der Waals surface area contributed by atoms with Crippen LogP contribution in [0, 0.1) is 19.8 Å². The minimum atomic E-state index is -0.153. The number of methoxy groups -OCH3 is 1. The molecule has 0 saturated carbocycles. The molecular formula is C40H42N4O5. The van der Waals surface area contributed by atoms with Crippen molar-refractivity contribution < 1.29 is 25.2 Å². The summed E-state index contributed by atoms with van der Waals surface area (Å²) < 4.78 is 7.66. The summed E-state index contributed by atoms with van der Waals surface area (Å²) in [7, 11) is 1.65. The quantitative estimate of drug-likeness (QED) is 0.108. The van der Waals surface area contributed by atoms with Crippen molar-refractivity contribution in [3.63, 3.8) is 0 Å². The maximum Gasteiger partial charge on any atom is 0.167 e. The van der Waals surface area contributed by atoms with E-state index in [-0.39, 0.29) is 34.6 Å². The van der Waals surface area contributed by atoms with Crippen molar-refractivity contribution in [2.45, 2.75) is 59.9 Å². The molecule has 0 radical (unpaired) electrons. The fourth-order valence-electron chi connectivity index (χ4n) is 6.26. The molecule has 1 atom stereocenters. The number of benzene rings is 4. The molecule has 0 aliphatic heterocycles. The van der Waals surface area contributed by atoms with Crippen LogP contribution in [0.1, 0.15) is 50.7 Å². The van der Waals surface area contributed by atoms with Crippen LogP contribution in [0.4, 0.5) is 0 Å². The van der Waals surface area contributed by atoms with Gasteiger partial charge in [-0.15, -0.1) is 0 Å². The highest BCUT2D eigenvalue weighted by atomic mass is 16.5. The number of phenolic OH excluding ortho intramolecular Hbond substituents is 4. The van der Waals surface area contributed by atoms with Crippen LogP contribution in [0.15, 0.2) is 72.9 Å². The van der Waals surface area contributed by atoms with Crippen molar-refractivity contribution >= 4 is 10.9 Å². The van der Waals surface area contributed by atoms with Crippen LogP contribution in [-0.2, 0) is 6.54 Å². The number of hydrogen-bond acceptors (Lipinski definition) is 8. The van der Waals surface area contributed by atoms with E-state index in [1.54, 1.807) is 33.1 Å². The highest BCUT2D eigenvalue weighted by Gasteiger charge is 2.23. The molecule has 9 nitrogen and oxygen atoms in total. The van der Waals surface area contributed by atoms with Gasteiger partial charge in [0.05, 0.1) is 18.2 Å². The fourth-order valence-corrected chi connectivity index (χ4v) is 6.26. The monoisotopic (exact) mass is 658 g/mol. The molecule has 4 N–H and O–H groups in total. The van der Waals surface area contributed by atoms with Crippen LogP contribution in [-0.4, -0.2) is 47.1 Å². The maximum absolute atomic E-state index is 11.1. The van der Waals surface area contributed by atoms with E-state index in [4.69, 9.17) is 19.7 Å². The lowest BCUT2D eigenvalue weighted by Gasteiger charge is -2.16. The molecule has 0 aliphatic rings. The van der Waals surface area contributed by atoms with Crippen LogP contribution in [0.3, 0.4) is 0 Å². The molecule has 6 aromatic rings. The predicted molar refractivity (Wildman–Crippen MR) is 193 cm³/mol. The Kier molecular flexibility index (Phi) is 9.44. The van der Waals surface area contributed by atoms with Gasteiger partial charge < -0.3 is 29.7 Å². The van der Waals surface area contributed by atoms with Crippen molar-refractivity contribution in [1.82, 2.24) is 19.5 Å². The normalized spacial score (nSPS) is 12.0. The third kappa shape index (κ3) is 6.48. The van der Waals surface area contributed by atoms with Gasteiger partial charge in [0.15, 0.2) is 17.5 Å². The van der Waals surface area contributed by atoms with Crippen molar-refractivity contribution in [2.75, 3.05) is 7.11 Å². The second kappa shape index (κ2) is 13.9. The van der Waals surface area contributed by atoms with E-state index in [9.17, 15) is 20.4 Å². The number of aromatic hydroxyl groups is 4. The largest absolute Gasteiger partial charge is 0.508 e. The summed E-state index contributed by atoms with van der Waals surface area (Å²) >= 11 is 0. The van der Waals surface area contributed by atoms with Gasteiger partial charge in [0.1, 0.15) is 28.7 Å². The molecular weight excluding hydrogens is 616 g/mol. The topological polar surface area (TPSA) is 134 Å². The molecule has 0 bridgehead atoms. The summed E-state index contributed by atoms with van der Waals surface area (Å²) in [5.41, 5.74) is 5.06. The SMILES string of the molecule is CCCCC(CC)Cn1cc(-c2nc(-c3ccc(O)c(C)c3O)nc(-c3ccc(O)c(C)c3O)n2)c2cc(-c3ccc(OC)cc3)ccc21. The number of unbranched alkanes of at least 4 members (excludes halogenated alkanes) is 1. The molecule has 6 rings (SSSR count). The van der Waals surface area contributed by atoms with Crippen molar-refractivity contribution in [3.05, 3.63) is 84.1 Å². The first-order valence-electron chi connectivity index (χ1n) is 16.7. The smallest absolute Gasteiger partial charge is 0.167 e. The summed E-state index contributed by atoms with van der Waals surface area (Å²) in [6.07, 6.45) is 6.58. The summed E-state index contributed by atoms with van der Waals surface area (Å²) in [4.78, 5) is 14.5. The summed E-state index contributed by atoms with van der Waals surface area (Å²) in [5.74, 6) is 1.56. The van der Waals surface area contributed by atoms with E-state index in [0.29, 0.717) is 34.0 Å². The first-order valence-corrected chi connectivity index (χ1v) is 16.7. The molecule has 9 heteroatoms. The molecule has 0 spiro atoms. The zero-order chi connectivity index (χ0) is 34.8. The predicted octanol–water partition coefficient (Wildman–Crippen LogP) is 9.16. The third-order valence-corrected chi connectivity index (χ3v) is 9.47. The summed E-state index contributed by atoms with van der Waals surface area (Å²) in [5, 5.41) is 43.7. The first kappa shape index (κ1) is 33.3. The number of nitrogens with zero attached hydrogens (tertiary/aromatic N) is 4. The Labute approximate surface area is 286 Å². The number of fused-ring (bicyclic) bond motifs is 1. The Bertz CT molecular complexity index is 2060. The Balaban J connectivity index is 1.61. The van der Waals surface area contributed by atoms with E-state index in [0.717, 1.165) is 65.6 Å². The van der Waals surface area contributed by atoms with Gasteiger partial charge in [0.25, 0.3) is 0 Å². The van der Waals surface area contributed by atoms with Gasteiger partial charge in [-0.3, -0.25) is 0 Å². The number of rotatable bonds is 11. The molecule has 252 valence electrons. The first-order chi connectivity index (χ1) is 23.6. The van der Waals surface area contributed by atoms with E-state index >= 15 is 0 Å². The number of hydrogen-bond donors (Lipinski definition) is 4. The van der Waals surface area contributed by atoms with E-state index < -0.39 is 0 Å². The Morgan fingerprint density at radius 3 is 1.78 bits per heavy atom. The minimum Gasteiger partial charge on any atom is -0.508 e. The molecule has 0 aliphatic carbocycles. The summed E-state index contributed by atoms with van der Waals surface area (Å²) in [6.45, 7) is 8.51. The van der Waals surface area contributed by atoms with Gasteiger partial charge >= 0.3 is 0 Å². The number of aromatic nitrogens is 4. The van der Waals surface area contributed by atoms with Gasteiger partial charge in [0.2, 0.25) is 0 Å². The van der Waals surface area contributed by atoms with Gasteiger partial charge in [-0.05, 0) is 85.8 Å². The molecule has 49 heavy (non-hydrogen) atoms. The van der Waals surface area contributed by atoms with Crippen LogP contribution >= 0.6 is 0 Å². The summed E-state index contributed by atoms with van der Waals surface area (Å²) in [6, 6.07) is 20.4. The molecule has 0 amide bonds. The van der Waals surface area contributed by atoms with Crippen LogP contribution < -0.4 is 4.74 Å².